The van der Waals surface area contributed by atoms with Crippen LogP contribution in [-0.2, 0) is 16.4 Å². The Labute approximate surface area is 143 Å². The molecule has 1 aromatic rings. The lowest BCUT2D eigenvalue weighted by Crippen LogP contribution is -2.59. The minimum atomic E-state index is -4.64. The minimum Gasteiger partial charge on any atom is -0.303 e. The predicted octanol–water partition coefficient (Wildman–Crippen LogP) is 2.75. The van der Waals surface area contributed by atoms with Crippen molar-refractivity contribution in [2.75, 3.05) is 13.6 Å². The van der Waals surface area contributed by atoms with Crippen LogP contribution in [0.2, 0.25) is 0 Å². The number of benzene rings is 1. The van der Waals surface area contributed by atoms with Gasteiger partial charge in [0.2, 0.25) is 0 Å². The predicted molar refractivity (Wildman–Crippen MR) is 93.8 cm³/mol. The Balaban J connectivity index is 0.000000300. The van der Waals surface area contributed by atoms with Gasteiger partial charge in [0.15, 0.2) is 0 Å². The number of aryl methyl sites for hydroxylation is 1. The Morgan fingerprint density at radius 2 is 1.92 bits per heavy atom. The molecule has 1 aromatic carbocycles. The van der Waals surface area contributed by atoms with E-state index in [1.165, 1.54) is 50.6 Å². The third-order valence-corrected chi connectivity index (χ3v) is 6.27. The lowest BCUT2D eigenvalue weighted by Gasteiger charge is -2.58. The molecule has 1 saturated carbocycles. The van der Waals surface area contributed by atoms with Crippen molar-refractivity contribution in [3.05, 3.63) is 34.9 Å². The van der Waals surface area contributed by atoms with Gasteiger partial charge < -0.3 is 19.6 Å². The van der Waals surface area contributed by atoms with E-state index in [0.29, 0.717) is 5.41 Å². The van der Waals surface area contributed by atoms with Crippen molar-refractivity contribution in [1.82, 2.24) is 4.90 Å². The van der Waals surface area contributed by atoms with Gasteiger partial charge in [-0.2, -0.15) is 0 Å². The maximum absolute atomic E-state index is 8.88. The molecule has 5 nitrogen and oxygen atoms in total. The molecule has 3 N–H and O–H groups in total. The van der Waals surface area contributed by atoms with E-state index in [1.807, 2.05) is 0 Å². The molecule has 2 fully saturated rings. The van der Waals surface area contributed by atoms with Gasteiger partial charge in [0.25, 0.3) is 0 Å². The molecule has 3 aliphatic rings. The maximum atomic E-state index is 8.88. The summed E-state index contributed by atoms with van der Waals surface area (Å²) in [4.78, 5) is 24.2. The van der Waals surface area contributed by atoms with Crippen molar-refractivity contribution in [3.8, 4) is 0 Å². The van der Waals surface area contributed by atoms with Crippen LogP contribution in [0.5, 0.6) is 0 Å². The lowest BCUT2D eigenvalue weighted by atomic mass is 9.52. The molecule has 24 heavy (non-hydrogen) atoms. The van der Waals surface area contributed by atoms with Crippen LogP contribution in [0.15, 0.2) is 18.2 Å². The molecule has 134 valence electrons. The zero-order chi connectivity index (χ0) is 17.5. The van der Waals surface area contributed by atoms with Gasteiger partial charge in [-0.1, -0.05) is 36.6 Å². The Hall–Kier alpha value is -0.710. The number of likely N-dealkylation sites (tertiary alicyclic amines) is 1. The van der Waals surface area contributed by atoms with E-state index in [4.69, 9.17) is 19.2 Å². The maximum Gasteiger partial charge on any atom is 0.466 e. The summed E-state index contributed by atoms with van der Waals surface area (Å²) >= 11 is 0. The third kappa shape index (κ3) is 3.47. The number of fused-ring (bicyclic) bond motifs is 1. The van der Waals surface area contributed by atoms with Crippen molar-refractivity contribution < 1.29 is 19.2 Å². The van der Waals surface area contributed by atoms with Crippen LogP contribution < -0.4 is 0 Å². The Morgan fingerprint density at radius 1 is 1.21 bits per heavy atom. The summed E-state index contributed by atoms with van der Waals surface area (Å²) in [5, 5.41) is 0. The summed E-state index contributed by atoms with van der Waals surface area (Å²) in [5.74, 6) is 0.925. The monoisotopic (exact) mass is 353 g/mol. The van der Waals surface area contributed by atoms with Crippen LogP contribution in [0.4, 0.5) is 0 Å². The molecule has 6 heteroatoms. The highest BCUT2D eigenvalue weighted by molar-refractivity contribution is 7.45. The molecule has 0 spiro atoms. The number of likely N-dealkylation sites (N-methyl/N-ethyl adjacent to an activating group) is 1. The van der Waals surface area contributed by atoms with Crippen LogP contribution in [0.1, 0.15) is 48.8 Å². The summed E-state index contributed by atoms with van der Waals surface area (Å²) < 4.78 is 8.88. The minimum absolute atomic E-state index is 0.537. The molecule has 2 aliphatic carbocycles. The second kappa shape index (κ2) is 6.54. The summed E-state index contributed by atoms with van der Waals surface area (Å²) in [6.07, 6.45) is 8.48. The number of piperidine rings is 1. The van der Waals surface area contributed by atoms with E-state index in [1.54, 1.807) is 11.1 Å². The standard InChI is InChI=1S/C18H25N.H3O4P/c1-13-6-7-14-12-17-15-5-3-4-8-18(15,16(14)11-13)9-10-19(17)2;1-5(2,3)4/h6-7,11,15,17H,3-5,8-10,12H2,1-2H3;(H3,1,2,3,4)/t15?,17?,18-;/m0./s1. The zero-order valence-corrected chi connectivity index (χ0v) is 15.4. The fraction of sp³-hybridized carbons (Fsp3) is 0.667. The van der Waals surface area contributed by atoms with Gasteiger partial charge in [0.1, 0.15) is 0 Å². The first-order valence-electron chi connectivity index (χ1n) is 8.79. The highest BCUT2D eigenvalue weighted by atomic mass is 31.2. The average molecular weight is 353 g/mol. The van der Waals surface area contributed by atoms with Crippen LogP contribution in [0.25, 0.3) is 0 Å². The Bertz CT molecular complexity index is 650. The van der Waals surface area contributed by atoms with Gasteiger partial charge in [-0.15, -0.1) is 0 Å². The van der Waals surface area contributed by atoms with Crippen LogP contribution in [0.3, 0.4) is 0 Å². The molecule has 2 bridgehead atoms. The van der Waals surface area contributed by atoms with Gasteiger partial charge in [0, 0.05) is 11.5 Å². The first-order valence-corrected chi connectivity index (χ1v) is 10.4. The third-order valence-electron chi connectivity index (χ3n) is 6.27. The number of nitrogens with zero attached hydrogens (tertiary/aromatic N) is 1. The quantitative estimate of drug-likeness (QED) is 0.625. The molecule has 0 amide bonds. The first kappa shape index (κ1) is 18.1. The topological polar surface area (TPSA) is 81.0 Å². The van der Waals surface area contributed by atoms with E-state index in [-0.39, 0.29) is 0 Å². The Morgan fingerprint density at radius 3 is 2.62 bits per heavy atom. The van der Waals surface area contributed by atoms with Gasteiger partial charge >= 0.3 is 7.82 Å². The SMILES string of the molecule is Cc1ccc2c(c1)[C@]13CCCCC1C(C2)N(C)CC3.O=P(O)(O)O. The molecule has 4 rings (SSSR count). The van der Waals surface area contributed by atoms with Crippen LogP contribution in [0, 0.1) is 12.8 Å². The molecule has 1 aliphatic heterocycles. The van der Waals surface area contributed by atoms with Crippen molar-refractivity contribution in [2.24, 2.45) is 5.92 Å². The van der Waals surface area contributed by atoms with Gasteiger partial charge in [0.05, 0.1) is 0 Å². The second-order valence-corrected chi connectivity index (χ2v) is 8.71. The van der Waals surface area contributed by atoms with E-state index in [0.717, 1.165) is 12.0 Å². The summed E-state index contributed by atoms with van der Waals surface area (Å²) in [6, 6.07) is 8.07. The Kier molecular flexibility index (Phi) is 4.93. The summed E-state index contributed by atoms with van der Waals surface area (Å²) in [7, 11) is -2.29. The molecule has 1 saturated heterocycles. The molecule has 3 atom stereocenters. The molecule has 1 heterocycles. The van der Waals surface area contributed by atoms with E-state index in [9.17, 15) is 0 Å². The van der Waals surface area contributed by atoms with Crippen molar-refractivity contribution in [3.63, 3.8) is 0 Å². The highest BCUT2D eigenvalue weighted by Gasteiger charge is 2.52. The highest BCUT2D eigenvalue weighted by Crippen LogP contribution is 2.55. The van der Waals surface area contributed by atoms with Gasteiger partial charge in [-0.3, -0.25) is 0 Å². The first-order chi connectivity index (χ1) is 11.2. The summed E-state index contributed by atoms with van der Waals surface area (Å²) in [5.41, 5.74) is 5.38. The average Bonchev–Trinajstić information content (AvgIpc) is 2.50. The normalized spacial score (nSPS) is 32.2. The second-order valence-electron chi connectivity index (χ2n) is 7.68. The molecule has 0 aromatic heterocycles. The number of hydrogen-bond acceptors (Lipinski definition) is 2. The molecule has 0 radical (unpaired) electrons. The van der Waals surface area contributed by atoms with Crippen molar-refractivity contribution in [2.45, 2.75) is 56.9 Å². The number of hydrogen-bond donors (Lipinski definition) is 3. The van der Waals surface area contributed by atoms with Crippen molar-refractivity contribution in [1.29, 1.82) is 0 Å². The molecular formula is C18H28NO4P. The van der Waals surface area contributed by atoms with E-state index < -0.39 is 7.82 Å². The lowest BCUT2D eigenvalue weighted by molar-refractivity contribution is 0.00283. The van der Waals surface area contributed by atoms with E-state index in [2.05, 4.69) is 37.1 Å². The smallest absolute Gasteiger partial charge is 0.303 e. The number of rotatable bonds is 0. The fourth-order valence-electron chi connectivity index (χ4n) is 5.31. The molecule has 2 unspecified atom stereocenters. The van der Waals surface area contributed by atoms with E-state index >= 15 is 0 Å². The van der Waals surface area contributed by atoms with Gasteiger partial charge in [-0.25, -0.2) is 4.57 Å². The summed E-state index contributed by atoms with van der Waals surface area (Å²) in [6.45, 7) is 3.56. The number of phosphoric acid groups is 1. The molecular weight excluding hydrogens is 325 g/mol. The zero-order valence-electron chi connectivity index (χ0n) is 14.5. The van der Waals surface area contributed by atoms with Crippen LogP contribution >= 0.6 is 7.82 Å². The fourth-order valence-corrected chi connectivity index (χ4v) is 5.31. The van der Waals surface area contributed by atoms with Crippen LogP contribution in [-0.4, -0.2) is 39.2 Å². The van der Waals surface area contributed by atoms with Gasteiger partial charge in [-0.05, 0) is 63.2 Å². The van der Waals surface area contributed by atoms with Crippen molar-refractivity contribution >= 4 is 7.82 Å². The largest absolute Gasteiger partial charge is 0.466 e.